The van der Waals surface area contributed by atoms with Gasteiger partial charge >= 0.3 is 0 Å². The fourth-order valence-corrected chi connectivity index (χ4v) is 4.12. The first kappa shape index (κ1) is 18.6. The monoisotopic (exact) mass is 457 g/mol. The third kappa shape index (κ3) is 4.44. The summed E-state index contributed by atoms with van der Waals surface area (Å²) in [6.07, 6.45) is 10.5. The summed E-state index contributed by atoms with van der Waals surface area (Å²) in [4.78, 5) is 8.89. The van der Waals surface area contributed by atoms with Crippen LogP contribution < -0.4 is 10.6 Å². The van der Waals surface area contributed by atoms with Crippen LogP contribution in [0.4, 0.5) is 17.6 Å². The van der Waals surface area contributed by atoms with Gasteiger partial charge in [-0.3, -0.25) is 5.10 Å². The van der Waals surface area contributed by atoms with Gasteiger partial charge in [0.05, 0.1) is 16.7 Å². The van der Waals surface area contributed by atoms with Crippen LogP contribution in [0, 0.1) is 0 Å². The van der Waals surface area contributed by atoms with Crippen molar-refractivity contribution in [1.29, 1.82) is 0 Å². The minimum absolute atomic E-state index is 0.495. The topological polar surface area (TPSA) is 105 Å². The largest absolute Gasteiger partial charge is 0.359 e. The summed E-state index contributed by atoms with van der Waals surface area (Å²) in [6.45, 7) is 0.495. The van der Waals surface area contributed by atoms with Gasteiger partial charge in [0.2, 0.25) is 5.95 Å². The van der Waals surface area contributed by atoms with Crippen LogP contribution >= 0.6 is 15.9 Å². The molecule has 5 rings (SSSR count). The Kier molecular flexibility index (Phi) is 5.22. The predicted molar refractivity (Wildman–Crippen MR) is 113 cm³/mol. The van der Waals surface area contributed by atoms with E-state index in [4.69, 9.17) is 4.52 Å². The lowest BCUT2D eigenvalue weighted by Gasteiger charge is -2.18. The predicted octanol–water partition coefficient (Wildman–Crippen LogP) is 5.23. The van der Waals surface area contributed by atoms with E-state index in [1.807, 2.05) is 6.07 Å². The Labute approximate surface area is 177 Å². The van der Waals surface area contributed by atoms with E-state index in [9.17, 15) is 0 Å². The Balaban J connectivity index is 1.22. The van der Waals surface area contributed by atoms with Gasteiger partial charge in [0, 0.05) is 35.9 Å². The van der Waals surface area contributed by atoms with Crippen LogP contribution in [0.1, 0.15) is 73.9 Å². The van der Waals surface area contributed by atoms with Gasteiger partial charge in [0.1, 0.15) is 0 Å². The summed E-state index contributed by atoms with van der Waals surface area (Å²) < 4.78 is 6.29. The Morgan fingerprint density at radius 3 is 2.79 bits per heavy atom. The molecule has 0 amide bonds. The second kappa shape index (κ2) is 8.14. The lowest BCUT2D eigenvalue weighted by Crippen LogP contribution is -2.06. The summed E-state index contributed by atoms with van der Waals surface area (Å²) in [5, 5.41) is 18.2. The normalized spacial score (nSPS) is 17.4. The number of anilines is 3. The third-order valence-electron chi connectivity index (χ3n) is 5.63. The van der Waals surface area contributed by atoms with Crippen molar-refractivity contribution in [3.05, 3.63) is 40.0 Å². The minimum atomic E-state index is 0.495. The summed E-state index contributed by atoms with van der Waals surface area (Å²) in [7, 11) is 0. The van der Waals surface area contributed by atoms with Crippen molar-refractivity contribution in [3.63, 3.8) is 0 Å². The second-order valence-corrected chi connectivity index (χ2v) is 8.76. The molecule has 2 saturated carbocycles. The standard InChI is InChI=1S/C20H24BrN7O/c21-15-11-23-20(25-19(15)24-18-9-16(26-27-18)13-6-7-13)22-10-14-8-17(28-29-14)12-4-2-1-3-5-12/h8-9,11-13H,1-7,10H2,(H3,22,23,24,25,26,27). The smallest absolute Gasteiger partial charge is 0.225 e. The molecule has 9 heteroatoms. The molecule has 3 heterocycles. The van der Waals surface area contributed by atoms with Crippen LogP contribution in [0.15, 0.2) is 27.3 Å². The maximum absolute atomic E-state index is 5.51. The van der Waals surface area contributed by atoms with Crippen molar-refractivity contribution in [2.24, 2.45) is 0 Å². The molecule has 29 heavy (non-hydrogen) atoms. The minimum Gasteiger partial charge on any atom is -0.359 e. The quantitative estimate of drug-likeness (QED) is 0.445. The van der Waals surface area contributed by atoms with Gasteiger partial charge in [-0.05, 0) is 41.6 Å². The van der Waals surface area contributed by atoms with E-state index in [0.29, 0.717) is 30.1 Å². The Morgan fingerprint density at radius 1 is 1.10 bits per heavy atom. The van der Waals surface area contributed by atoms with Crippen LogP contribution in [0.25, 0.3) is 0 Å². The van der Waals surface area contributed by atoms with Crippen molar-refractivity contribution in [1.82, 2.24) is 25.3 Å². The number of rotatable bonds is 7. The van der Waals surface area contributed by atoms with Gasteiger partial charge in [-0.15, -0.1) is 0 Å². The SMILES string of the molecule is Brc1cnc(NCc2cc(C3CCCCC3)no2)nc1Nc1cc(C2CC2)[nH]n1. The number of aromatic nitrogens is 5. The first-order valence-electron chi connectivity index (χ1n) is 10.3. The van der Waals surface area contributed by atoms with Gasteiger partial charge < -0.3 is 15.2 Å². The summed E-state index contributed by atoms with van der Waals surface area (Å²) in [5.74, 6) is 3.90. The number of nitrogens with one attached hydrogen (secondary N) is 3. The van der Waals surface area contributed by atoms with Crippen molar-refractivity contribution in [2.45, 2.75) is 63.3 Å². The molecule has 0 bridgehead atoms. The zero-order valence-corrected chi connectivity index (χ0v) is 17.7. The molecule has 8 nitrogen and oxygen atoms in total. The molecule has 0 unspecified atom stereocenters. The average molecular weight is 458 g/mol. The molecule has 0 atom stereocenters. The Bertz CT molecular complexity index is 975. The van der Waals surface area contributed by atoms with Gasteiger partial charge in [0.15, 0.2) is 17.4 Å². The third-order valence-corrected chi connectivity index (χ3v) is 6.21. The van der Waals surface area contributed by atoms with E-state index in [1.54, 1.807) is 6.20 Å². The van der Waals surface area contributed by atoms with Crippen molar-refractivity contribution < 1.29 is 4.52 Å². The lowest BCUT2D eigenvalue weighted by molar-refractivity contribution is 0.361. The molecule has 3 aromatic rings. The molecule has 2 aliphatic rings. The molecule has 0 spiro atoms. The van der Waals surface area contributed by atoms with Crippen LogP contribution in [0.5, 0.6) is 0 Å². The highest BCUT2D eigenvalue weighted by Gasteiger charge is 2.25. The van der Waals surface area contributed by atoms with E-state index in [0.717, 1.165) is 21.7 Å². The highest BCUT2D eigenvalue weighted by Crippen LogP contribution is 2.40. The second-order valence-electron chi connectivity index (χ2n) is 7.90. The average Bonchev–Trinajstić information content (AvgIpc) is 3.31. The molecule has 152 valence electrons. The summed E-state index contributed by atoms with van der Waals surface area (Å²) >= 11 is 3.50. The van der Waals surface area contributed by atoms with E-state index in [2.05, 4.69) is 58.0 Å². The van der Waals surface area contributed by atoms with E-state index < -0.39 is 0 Å². The van der Waals surface area contributed by atoms with Crippen LogP contribution in [-0.2, 0) is 6.54 Å². The van der Waals surface area contributed by atoms with Crippen molar-refractivity contribution in [3.8, 4) is 0 Å². The van der Waals surface area contributed by atoms with E-state index in [-0.39, 0.29) is 0 Å². The van der Waals surface area contributed by atoms with Crippen molar-refractivity contribution in [2.75, 3.05) is 10.6 Å². The number of halogens is 1. The van der Waals surface area contributed by atoms with Crippen molar-refractivity contribution >= 4 is 33.5 Å². The van der Waals surface area contributed by atoms with Crippen LogP contribution in [0.2, 0.25) is 0 Å². The number of hydrogen-bond acceptors (Lipinski definition) is 7. The molecule has 0 radical (unpaired) electrons. The van der Waals surface area contributed by atoms with Gasteiger partial charge in [-0.2, -0.15) is 10.1 Å². The highest BCUT2D eigenvalue weighted by atomic mass is 79.9. The molecule has 2 fully saturated rings. The number of nitrogens with zero attached hydrogens (tertiary/aromatic N) is 4. The molecular formula is C20H24BrN7O. The Morgan fingerprint density at radius 2 is 1.97 bits per heavy atom. The summed E-state index contributed by atoms with van der Waals surface area (Å²) in [6, 6.07) is 4.10. The van der Waals surface area contributed by atoms with Gasteiger partial charge in [-0.1, -0.05) is 24.4 Å². The fraction of sp³-hybridized carbons (Fsp3) is 0.500. The molecule has 0 aliphatic heterocycles. The zero-order valence-electron chi connectivity index (χ0n) is 16.1. The molecule has 2 aliphatic carbocycles. The van der Waals surface area contributed by atoms with Crippen LogP contribution in [-0.4, -0.2) is 25.3 Å². The molecule has 3 N–H and O–H groups in total. The molecular weight excluding hydrogens is 434 g/mol. The first-order valence-corrected chi connectivity index (χ1v) is 11.1. The molecule has 0 saturated heterocycles. The number of hydrogen-bond donors (Lipinski definition) is 3. The lowest BCUT2D eigenvalue weighted by atomic mass is 9.87. The van der Waals surface area contributed by atoms with E-state index in [1.165, 1.54) is 50.6 Å². The molecule has 0 aromatic carbocycles. The number of aromatic amines is 1. The fourth-order valence-electron chi connectivity index (χ4n) is 3.83. The highest BCUT2D eigenvalue weighted by molar-refractivity contribution is 9.10. The molecule has 3 aromatic heterocycles. The maximum atomic E-state index is 5.51. The Hall–Kier alpha value is -2.42. The van der Waals surface area contributed by atoms with Gasteiger partial charge in [-0.25, -0.2) is 4.98 Å². The van der Waals surface area contributed by atoms with E-state index >= 15 is 0 Å². The first-order chi connectivity index (χ1) is 14.2. The van der Waals surface area contributed by atoms with Gasteiger partial charge in [0.25, 0.3) is 0 Å². The number of H-pyrrole nitrogens is 1. The summed E-state index contributed by atoms with van der Waals surface area (Å²) in [5.41, 5.74) is 2.25. The van der Waals surface area contributed by atoms with Crippen LogP contribution in [0.3, 0.4) is 0 Å². The maximum Gasteiger partial charge on any atom is 0.225 e. The zero-order chi connectivity index (χ0) is 19.6.